The van der Waals surface area contributed by atoms with Crippen LogP contribution in [0.2, 0.25) is 0 Å². The van der Waals surface area contributed by atoms with Gasteiger partial charge in [-0.3, -0.25) is 9.59 Å². The number of amides is 1. The summed E-state index contributed by atoms with van der Waals surface area (Å²) in [7, 11) is -3.48. The number of carbonyl (C=O) groups excluding carboxylic acids is 3. The molecule has 146 valence electrons. The highest BCUT2D eigenvalue weighted by atomic mass is 32.2. The highest BCUT2D eigenvalue weighted by Crippen LogP contribution is 2.17. The Morgan fingerprint density at radius 1 is 1.21 bits per heavy atom. The molecule has 0 saturated carbocycles. The molecule has 0 aromatic heterocycles. The van der Waals surface area contributed by atoms with E-state index < -0.39 is 28.5 Å². The molecule has 10 heteroatoms. The van der Waals surface area contributed by atoms with Gasteiger partial charge in [0.1, 0.15) is 5.84 Å². The van der Waals surface area contributed by atoms with Gasteiger partial charge in [-0.25, -0.2) is 13.2 Å². The molecule has 28 heavy (non-hydrogen) atoms. The third kappa shape index (κ3) is 4.52. The van der Waals surface area contributed by atoms with Crippen molar-refractivity contribution in [3.63, 3.8) is 0 Å². The predicted molar refractivity (Wildman–Crippen MR) is 101 cm³/mol. The number of nitrogens with one attached hydrogen (secondary N) is 1. The van der Waals surface area contributed by atoms with Gasteiger partial charge < -0.3 is 15.0 Å². The molecule has 3 rings (SSSR count). The maximum Gasteiger partial charge on any atom is 0.340 e. The summed E-state index contributed by atoms with van der Waals surface area (Å²) in [6.07, 6.45) is 4.21. The summed E-state index contributed by atoms with van der Waals surface area (Å²) in [6, 6.07) is 6.51. The van der Waals surface area contributed by atoms with Crippen molar-refractivity contribution >= 4 is 39.2 Å². The van der Waals surface area contributed by atoms with Crippen LogP contribution in [0.15, 0.2) is 52.6 Å². The fourth-order valence-electron chi connectivity index (χ4n) is 2.62. The van der Waals surface area contributed by atoms with Gasteiger partial charge in [-0.2, -0.15) is 0 Å². The Morgan fingerprint density at radius 2 is 1.96 bits per heavy atom. The average Bonchev–Trinajstić information content (AvgIpc) is 2.65. The summed E-state index contributed by atoms with van der Waals surface area (Å²) in [5.74, 6) is -1.46. The molecule has 0 fully saturated rings. The second-order valence-corrected chi connectivity index (χ2v) is 7.83. The Bertz CT molecular complexity index is 1040. The van der Waals surface area contributed by atoms with Crippen molar-refractivity contribution in [1.29, 1.82) is 0 Å². The lowest BCUT2D eigenvalue weighted by Gasteiger charge is -2.26. The number of ether oxygens (including phenoxy) is 1. The third-order valence-corrected chi connectivity index (χ3v) is 5.14. The van der Waals surface area contributed by atoms with Crippen LogP contribution < -0.4 is 5.32 Å². The number of carbonyl (C=O) groups is 3. The topological polar surface area (TPSA) is 122 Å². The lowest BCUT2D eigenvalue weighted by atomic mass is 10.1. The van der Waals surface area contributed by atoms with Gasteiger partial charge in [-0.15, -0.1) is 4.40 Å². The molecule has 2 aliphatic heterocycles. The smallest absolute Gasteiger partial charge is 0.340 e. The lowest BCUT2D eigenvalue weighted by molar-refractivity contribution is -0.143. The molecule has 1 amide bonds. The van der Waals surface area contributed by atoms with E-state index in [9.17, 15) is 22.8 Å². The zero-order valence-corrected chi connectivity index (χ0v) is 15.7. The second kappa shape index (κ2) is 7.77. The molecule has 2 heterocycles. The maximum absolute atomic E-state index is 12.2. The van der Waals surface area contributed by atoms with Crippen LogP contribution in [0, 0.1) is 0 Å². The monoisotopic (exact) mass is 403 g/mol. The van der Waals surface area contributed by atoms with Crippen molar-refractivity contribution in [2.75, 3.05) is 24.2 Å². The molecule has 0 saturated heterocycles. The number of para-hydroxylation sites is 1. The van der Waals surface area contributed by atoms with Crippen LogP contribution >= 0.6 is 0 Å². The van der Waals surface area contributed by atoms with E-state index in [4.69, 9.17) is 4.74 Å². The van der Waals surface area contributed by atoms with Gasteiger partial charge >= 0.3 is 5.97 Å². The van der Waals surface area contributed by atoms with E-state index in [0.717, 1.165) is 0 Å². The number of anilines is 1. The fraction of sp³-hybridized carbons (Fsp3) is 0.222. The predicted octanol–water partition coefficient (Wildman–Crippen LogP) is 0.869. The van der Waals surface area contributed by atoms with Crippen LogP contribution in [0.5, 0.6) is 0 Å². The van der Waals surface area contributed by atoms with Crippen LogP contribution in [-0.2, 0) is 24.3 Å². The van der Waals surface area contributed by atoms with E-state index in [1.165, 1.54) is 30.2 Å². The summed E-state index contributed by atoms with van der Waals surface area (Å²) in [5, 5.41) is 2.53. The normalized spacial score (nSPS) is 17.1. The quantitative estimate of drug-likeness (QED) is 0.572. The van der Waals surface area contributed by atoms with E-state index >= 15 is 0 Å². The molecule has 0 aliphatic carbocycles. The van der Waals surface area contributed by atoms with Crippen molar-refractivity contribution in [3.8, 4) is 0 Å². The molecule has 1 aromatic carbocycles. The number of amidine groups is 1. The number of nitrogens with zero attached hydrogens (tertiary/aromatic N) is 2. The van der Waals surface area contributed by atoms with E-state index in [0.29, 0.717) is 11.3 Å². The van der Waals surface area contributed by atoms with Crippen molar-refractivity contribution in [2.45, 2.75) is 6.92 Å². The number of Topliss-reactive ketones (excluding diaryl/α,β-unsaturated/α-hetero) is 1. The molecule has 0 unspecified atom stereocenters. The Morgan fingerprint density at radius 3 is 2.71 bits per heavy atom. The van der Waals surface area contributed by atoms with Crippen LogP contribution in [0.1, 0.15) is 17.3 Å². The minimum Gasteiger partial charge on any atom is -0.452 e. The lowest BCUT2D eigenvalue weighted by Crippen LogP contribution is -2.37. The Hall–Kier alpha value is -3.27. The Kier molecular flexibility index (Phi) is 5.41. The van der Waals surface area contributed by atoms with Gasteiger partial charge in [0, 0.05) is 18.3 Å². The molecular formula is C18H17N3O6S. The van der Waals surface area contributed by atoms with Crippen molar-refractivity contribution in [2.24, 2.45) is 4.40 Å². The van der Waals surface area contributed by atoms with E-state index in [2.05, 4.69) is 9.71 Å². The number of benzene rings is 1. The zero-order chi connectivity index (χ0) is 20.3. The Labute approximate surface area is 161 Å². The number of esters is 1. The highest BCUT2D eigenvalue weighted by Gasteiger charge is 2.25. The van der Waals surface area contributed by atoms with E-state index in [1.807, 2.05) is 0 Å². The minimum atomic E-state index is -3.48. The summed E-state index contributed by atoms with van der Waals surface area (Å²) in [6.45, 7) is 1.02. The molecule has 0 spiro atoms. The summed E-state index contributed by atoms with van der Waals surface area (Å²) >= 11 is 0. The van der Waals surface area contributed by atoms with Gasteiger partial charge in [0.15, 0.2) is 12.4 Å². The highest BCUT2D eigenvalue weighted by molar-refractivity contribution is 7.90. The van der Waals surface area contributed by atoms with Crippen molar-refractivity contribution in [3.05, 3.63) is 53.8 Å². The van der Waals surface area contributed by atoms with Crippen molar-refractivity contribution in [1.82, 2.24) is 4.90 Å². The minimum absolute atomic E-state index is 0.152. The summed E-state index contributed by atoms with van der Waals surface area (Å²) < 4.78 is 31.6. The second-order valence-electron chi connectivity index (χ2n) is 6.07. The number of ketones is 1. The molecule has 9 nitrogen and oxygen atoms in total. The molecule has 0 radical (unpaired) electrons. The first kappa shape index (κ1) is 19.5. The van der Waals surface area contributed by atoms with Gasteiger partial charge in [0.25, 0.3) is 15.9 Å². The first-order valence-electron chi connectivity index (χ1n) is 8.31. The molecule has 1 N–H and O–H groups in total. The Balaban J connectivity index is 1.59. The number of hydrogen-bond donors (Lipinski definition) is 1. The first-order chi connectivity index (χ1) is 13.2. The molecular weight excluding hydrogens is 386 g/mol. The van der Waals surface area contributed by atoms with Crippen LogP contribution in [0.3, 0.4) is 0 Å². The summed E-state index contributed by atoms with van der Waals surface area (Å²) in [4.78, 5) is 37.3. The molecule has 2 aliphatic rings. The number of rotatable bonds is 5. The summed E-state index contributed by atoms with van der Waals surface area (Å²) in [5.41, 5.74) is 0.852. The average molecular weight is 403 g/mol. The maximum atomic E-state index is 12.2. The number of fused-ring (bicyclic) bond motifs is 1. The van der Waals surface area contributed by atoms with Crippen molar-refractivity contribution < 1.29 is 27.5 Å². The fourth-order valence-corrected chi connectivity index (χ4v) is 3.59. The molecule has 0 atom stereocenters. The number of hydrogen-bond acceptors (Lipinski definition) is 7. The standard InChI is InChI=1S/C18H17N3O6S/c1-12(22)14-4-2-3-5-15(14)19-17(23)11-27-18(24)13-6-7-16-20-28(25,26)9-8-21(16)10-13/h2-7,10H,8-9,11H2,1H3,(H,19,23). The third-order valence-electron chi connectivity index (χ3n) is 3.97. The van der Waals surface area contributed by atoms with E-state index in [-0.39, 0.29) is 29.5 Å². The van der Waals surface area contributed by atoms with Crippen LogP contribution in [0.4, 0.5) is 5.69 Å². The van der Waals surface area contributed by atoms with Crippen LogP contribution in [-0.4, -0.2) is 55.7 Å². The van der Waals surface area contributed by atoms with Crippen LogP contribution in [0.25, 0.3) is 0 Å². The zero-order valence-electron chi connectivity index (χ0n) is 14.9. The SMILES string of the molecule is CC(=O)c1ccccc1NC(=O)COC(=O)C1=CN2CCS(=O)(=O)N=C2C=C1. The van der Waals surface area contributed by atoms with Gasteiger partial charge in [-0.1, -0.05) is 12.1 Å². The largest absolute Gasteiger partial charge is 0.452 e. The van der Waals surface area contributed by atoms with Gasteiger partial charge in [0.05, 0.1) is 17.0 Å². The van der Waals surface area contributed by atoms with Gasteiger partial charge in [-0.05, 0) is 31.2 Å². The van der Waals surface area contributed by atoms with Gasteiger partial charge in [0.2, 0.25) is 0 Å². The molecule has 1 aromatic rings. The first-order valence-corrected chi connectivity index (χ1v) is 9.92. The number of sulfonamides is 1. The van der Waals surface area contributed by atoms with E-state index in [1.54, 1.807) is 24.3 Å². The molecule has 0 bridgehead atoms.